The number of rotatable bonds is 4. The quantitative estimate of drug-likeness (QED) is 0.647. The van der Waals surface area contributed by atoms with Crippen LogP contribution in [0.15, 0.2) is 54.6 Å². The molecule has 5 nitrogen and oxygen atoms in total. The van der Waals surface area contributed by atoms with Gasteiger partial charge in [-0.3, -0.25) is 10.00 Å². The molecule has 1 amide bonds. The lowest BCUT2D eigenvalue weighted by Crippen LogP contribution is -2.27. The molecule has 1 N–H and O–H groups in total. The van der Waals surface area contributed by atoms with Gasteiger partial charge in [-0.05, 0) is 57.9 Å². The Bertz CT molecular complexity index is 952. The van der Waals surface area contributed by atoms with Gasteiger partial charge in [0, 0.05) is 16.9 Å². The molecule has 0 fully saturated rings. The number of carbonyl (C=O) groups excluding carboxylic acids is 1. The van der Waals surface area contributed by atoms with E-state index in [4.69, 9.17) is 9.84 Å². The fourth-order valence-electron chi connectivity index (χ4n) is 3.17. The molecular weight excluding hydrogens is 350 g/mol. The summed E-state index contributed by atoms with van der Waals surface area (Å²) in [6, 6.07) is 18.1. The van der Waals surface area contributed by atoms with Crippen LogP contribution in [0.3, 0.4) is 0 Å². The molecule has 1 heterocycles. The van der Waals surface area contributed by atoms with Gasteiger partial charge in [-0.15, -0.1) is 0 Å². The highest BCUT2D eigenvalue weighted by molar-refractivity contribution is 5.85. The second-order valence-electron chi connectivity index (χ2n) is 7.89. The first-order chi connectivity index (χ1) is 13.2. The Morgan fingerprint density at radius 2 is 1.68 bits per heavy atom. The fraction of sp³-hybridized carbons (Fsp3) is 0.304. The van der Waals surface area contributed by atoms with Crippen molar-refractivity contribution in [3.63, 3.8) is 0 Å². The number of hydrogen-bond donors (Lipinski definition) is 1. The number of benzene rings is 2. The first-order valence-corrected chi connectivity index (χ1v) is 9.41. The van der Waals surface area contributed by atoms with Gasteiger partial charge in [0.05, 0.1) is 12.2 Å². The first-order valence-electron chi connectivity index (χ1n) is 9.41. The molecule has 0 atom stereocenters. The summed E-state index contributed by atoms with van der Waals surface area (Å²) in [5.74, 6) is 0. The van der Waals surface area contributed by atoms with Crippen LogP contribution in [-0.2, 0) is 11.3 Å². The minimum atomic E-state index is -0.522. The second kappa shape index (κ2) is 7.89. The molecular formula is C23H27N3O2. The van der Waals surface area contributed by atoms with E-state index in [1.165, 1.54) is 5.56 Å². The normalized spacial score (nSPS) is 11.3. The summed E-state index contributed by atoms with van der Waals surface area (Å²) in [5.41, 5.74) is 5.70. The zero-order valence-electron chi connectivity index (χ0n) is 17.1. The van der Waals surface area contributed by atoms with Crippen molar-refractivity contribution in [2.24, 2.45) is 0 Å². The monoisotopic (exact) mass is 377 g/mol. The molecule has 2 aromatic carbocycles. The maximum Gasteiger partial charge on any atom is 0.412 e. The van der Waals surface area contributed by atoms with E-state index in [1.807, 2.05) is 74.8 Å². The largest absolute Gasteiger partial charge is 0.444 e. The van der Waals surface area contributed by atoms with Crippen molar-refractivity contribution < 1.29 is 9.53 Å². The van der Waals surface area contributed by atoms with E-state index in [9.17, 15) is 4.79 Å². The van der Waals surface area contributed by atoms with Crippen LogP contribution >= 0.6 is 0 Å². The summed E-state index contributed by atoms with van der Waals surface area (Å²) in [7, 11) is 0. The molecule has 28 heavy (non-hydrogen) atoms. The number of nitrogens with one attached hydrogen (secondary N) is 1. The third-order valence-electron chi connectivity index (χ3n) is 4.38. The second-order valence-corrected chi connectivity index (χ2v) is 7.89. The first kappa shape index (κ1) is 19.7. The van der Waals surface area contributed by atoms with Crippen LogP contribution in [0.4, 0.5) is 10.5 Å². The Hall–Kier alpha value is -3.08. The Morgan fingerprint density at radius 1 is 1.04 bits per heavy atom. The van der Waals surface area contributed by atoms with Gasteiger partial charge in [-0.1, -0.05) is 42.5 Å². The Balaban J connectivity index is 1.78. The fourth-order valence-corrected chi connectivity index (χ4v) is 3.17. The molecule has 0 saturated carbocycles. The minimum absolute atomic E-state index is 0.455. The van der Waals surface area contributed by atoms with E-state index in [0.717, 1.165) is 29.1 Å². The van der Waals surface area contributed by atoms with Gasteiger partial charge in [-0.2, -0.15) is 5.10 Å². The lowest BCUT2D eigenvalue weighted by Gasteiger charge is -2.19. The Morgan fingerprint density at radius 3 is 2.29 bits per heavy atom. The Labute approximate surface area is 166 Å². The molecule has 0 aliphatic carbocycles. The summed E-state index contributed by atoms with van der Waals surface area (Å²) in [5, 5.41) is 7.48. The van der Waals surface area contributed by atoms with Gasteiger partial charge in [0.1, 0.15) is 5.60 Å². The van der Waals surface area contributed by atoms with Crippen molar-refractivity contribution in [1.82, 2.24) is 9.78 Å². The van der Waals surface area contributed by atoms with E-state index < -0.39 is 11.7 Å². The van der Waals surface area contributed by atoms with Gasteiger partial charge < -0.3 is 4.74 Å². The van der Waals surface area contributed by atoms with Crippen molar-refractivity contribution >= 4 is 11.8 Å². The highest BCUT2D eigenvalue weighted by Crippen LogP contribution is 2.28. The van der Waals surface area contributed by atoms with Gasteiger partial charge in [0.2, 0.25) is 0 Å². The van der Waals surface area contributed by atoms with Crippen molar-refractivity contribution in [1.29, 1.82) is 0 Å². The maximum absolute atomic E-state index is 11.9. The van der Waals surface area contributed by atoms with Crippen molar-refractivity contribution in [3.05, 3.63) is 71.5 Å². The summed E-state index contributed by atoms with van der Waals surface area (Å²) in [4.78, 5) is 11.9. The predicted molar refractivity (Wildman–Crippen MR) is 113 cm³/mol. The molecule has 0 spiro atoms. The van der Waals surface area contributed by atoms with Crippen molar-refractivity contribution in [2.45, 2.75) is 46.8 Å². The van der Waals surface area contributed by atoms with Gasteiger partial charge in [0.25, 0.3) is 0 Å². The molecule has 0 saturated heterocycles. The number of ether oxygens (including phenoxy) is 1. The molecule has 5 heteroatoms. The molecule has 0 aliphatic heterocycles. The Kier molecular flexibility index (Phi) is 5.54. The third-order valence-corrected chi connectivity index (χ3v) is 4.38. The molecule has 0 radical (unpaired) electrons. The lowest BCUT2D eigenvalue weighted by molar-refractivity contribution is 0.0636. The van der Waals surface area contributed by atoms with Crippen LogP contribution in [-0.4, -0.2) is 21.5 Å². The van der Waals surface area contributed by atoms with Crippen LogP contribution in [0.1, 0.15) is 37.7 Å². The number of carbonyl (C=O) groups is 1. The SMILES string of the molecule is Cc1nn(Cc2ccccc2)c(C)c1-c1ccc(NC(=O)OC(C)(C)C)cc1. The van der Waals surface area contributed by atoms with Crippen LogP contribution < -0.4 is 5.32 Å². The zero-order chi connectivity index (χ0) is 20.3. The number of aromatic nitrogens is 2. The smallest absolute Gasteiger partial charge is 0.412 e. The minimum Gasteiger partial charge on any atom is -0.444 e. The number of amides is 1. The van der Waals surface area contributed by atoms with E-state index in [2.05, 4.69) is 24.4 Å². The number of anilines is 1. The zero-order valence-corrected chi connectivity index (χ0v) is 17.1. The van der Waals surface area contributed by atoms with E-state index in [1.54, 1.807) is 0 Å². The summed E-state index contributed by atoms with van der Waals surface area (Å²) < 4.78 is 7.33. The average Bonchev–Trinajstić information content (AvgIpc) is 2.89. The average molecular weight is 377 g/mol. The van der Waals surface area contributed by atoms with Gasteiger partial charge in [-0.25, -0.2) is 4.79 Å². The standard InChI is InChI=1S/C23H27N3O2/c1-16-21(17(2)26(25-16)15-18-9-7-6-8-10-18)19-11-13-20(14-12-19)24-22(27)28-23(3,4)5/h6-14H,15H2,1-5H3,(H,24,27). The summed E-state index contributed by atoms with van der Waals surface area (Å²) >= 11 is 0. The maximum atomic E-state index is 11.9. The van der Waals surface area contributed by atoms with Crippen LogP contribution in [0.2, 0.25) is 0 Å². The topological polar surface area (TPSA) is 56.2 Å². The van der Waals surface area contributed by atoms with Crippen molar-refractivity contribution in [3.8, 4) is 11.1 Å². The third kappa shape index (κ3) is 4.80. The van der Waals surface area contributed by atoms with Gasteiger partial charge in [0.15, 0.2) is 0 Å². The number of nitrogens with zero attached hydrogens (tertiary/aromatic N) is 2. The number of hydrogen-bond acceptors (Lipinski definition) is 3. The van der Waals surface area contributed by atoms with Crippen LogP contribution in [0.5, 0.6) is 0 Å². The highest BCUT2D eigenvalue weighted by atomic mass is 16.6. The predicted octanol–water partition coefficient (Wildman–Crippen LogP) is 5.56. The molecule has 3 rings (SSSR count). The molecule has 146 valence electrons. The summed E-state index contributed by atoms with van der Waals surface area (Å²) in [6.07, 6.45) is -0.455. The van der Waals surface area contributed by atoms with Crippen LogP contribution in [0, 0.1) is 13.8 Å². The molecule has 3 aromatic rings. The number of aryl methyl sites for hydroxylation is 1. The molecule has 0 unspecified atom stereocenters. The van der Waals surface area contributed by atoms with E-state index >= 15 is 0 Å². The lowest BCUT2D eigenvalue weighted by atomic mass is 10.0. The van der Waals surface area contributed by atoms with Crippen LogP contribution in [0.25, 0.3) is 11.1 Å². The van der Waals surface area contributed by atoms with Crippen molar-refractivity contribution in [2.75, 3.05) is 5.32 Å². The van der Waals surface area contributed by atoms with Gasteiger partial charge >= 0.3 is 6.09 Å². The van der Waals surface area contributed by atoms with E-state index in [0.29, 0.717) is 5.69 Å². The molecule has 0 bridgehead atoms. The molecule has 1 aromatic heterocycles. The summed E-state index contributed by atoms with van der Waals surface area (Å²) in [6.45, 7) is 10.4. The molecule has 0 aliphatic rings. The van der Waals surface area contributed by atoms with E-state index in [-0.39, 0.29) is 0 Å². The highest BCUT2D eigenvalue weighted by Gasteiger charge is 2.17.